The summed E-state index contributed by atoms with van der Waals surface area (Å²) in [6.07, 6.45) is 1.93. The maximum Gasteiger partial charge on any atom is 0.317 e. The topological polar surface area (TPSA) is 64.3 Å². The van der Waals surface area contributed by atoms with Gasteiger partial charge in [0.05, 0.1) is 5.69 Å². The van der Waals surface area contributed by atoms with Crippen LogP contribution >= 0.6 is 0 Å². The smallest absolute Gasteiger partial charge is 0.317 e. The number of aromatic amines is 1. The Morgan fingerprint density at radius 2 is 1.74 bits per heavy atom. The minimum atomic E-state index is -0.00225. The molecule has 1 fully saturated rings. The summed E-state index contributed by atoms with van der Waals surface area (Å²) in [6, 6.07) is 19.2. The van der Waals surface area contributed by atoms with Crippen LogP contribution in [0.2, 0.25) is 0 Å². The Kier molecular flexibility index (Phi) is 7.60. The predicted molar refractivity (Wildman–Crippen MR) is 142 cm³/mol. The highest BCUT2D eigenvalue weighted by Crippen LogP contribution is 2.26. The normalized spacial score (nSPS) is 15.2. The van der Waals surface area contributed by atoms with Gasteiger partial charge in [-0.15, -0.1) is 0 Å². The molecule has 0 saturated carbocycles. The Balaban J connectivity index is 1.38. The summed E-state index contributed by atoms with van der Waals surface area (Å²) in [7, 11) is 1.71. The lowest BCUT2D eigenvalue weighted by atomic mass is 9.87. The zero-order valence-electron chi connectivity index (χ0n) is 21.8. The second-order valence-electron chi connectivity index (χ2n) is 10.7. The maximum atomic E-state index is 12.6. The zero-order valence-corrected chi connectivity index (χ0v) is 21.8. The molecule has 2 amide bonds. The fourth-order valence-corrected chi connectivity index (χ4v) is 4.81. The average Bonchev–Trinajstić information content (AvgIpc) is 3.23. The molecule has 1 aromatic heterocycles. The van der Waals surface area contributed by atoms with Crippen molar-refractivity contribution in [3.8, 4) is 11.4 Å². The standard InChI is InChI=1S/C29H39N5O/c1-21-26(32-27(31-21)23-11-13-24(14-12-23)29(2,3)4)20-33-17-15-25(16-18-33)34(28(35)30-5)19-22-9-7-6-8-10-22/h6-14,25H,15-20H2,1-5H3,(H,30,35)(H,31,32). The highest BCUT2D eigenvalue weighted by molar-refractivity contribution is 5.74. The Morgan fingerprint density at radius 3 is 2.34 bits per heavy atom. The van der Waals surface area contributed by atoms with Gasteiger partial charge in [-0.1, -0.05) is 75.4 Å². The number of hydrogen-bond donors (Lipinski definition) is 2. The molecule has 0 unspecified atom stereocenters. The molecule has 0 atom stereocenters. The molecule has 4 rings (SSSR count). The fraction of sp³-hybridized carbons (Fsp3) is 0.448. The Hall–Kier alpha value is -3.12. The van der Waals surface area contributed by atoms with E-state index in [0.717, 1.165) is 60.8 Å². The van der Waals surface area contributed by atoms with E-state index in [4.69, 9.17) is 4.98 Å². The van der Waals surface area contributed by atoms with Gasteiger partial charge >= 0.3 is 6.03 Å². The van der Waals surface area contributed by atoms with Crippen molar-refractivity contribution in [3.05, 3.63) is 77.1 Å². The summed E-state index contributed by atoms with van der Waals surface area (Å²) < 4.78 is 0. The van der Waals surface area contributed by atoms with Crippen molar-refractivity contribution in [2.75, 3.05) is 20.1 Å². The van der Waals surface area contributed by atoms with E-state index in [9.17, 15) is 4.79 Å². The van der Waals surface area contributed by atoms with Crippen LogP contribution in [0, 0.1) is 6.92 Å². The first-order valence-electron chi connectivity index (χ1n) is 12.7. The van der Waals surface area contributed by atoms with Crippen LogP contribution in [0.4, 0.5) is 4.79 Å². The number of nitrogens with zero attached hydrogens (tertiary/aromatic N) is 3. The molecule has 1 aliphatic heterocycles. The number of urea groups is 1. The summed E-state index contributed by atoms with van der Waals surface area (Å²) in [5.41, 5.74) is 5.97. The molecule has 1 saturated heterocycles. The maximum absolute atomic E-state index is 12.6. The molecule has 0 aliphatic carbocycles. The monoisotopic (exact) mass is 473 g/mol. The number of benzene rings is 2. The molecule has 6 nitrogen and oxygen atoms in total. The van der Waals surface area contributed by atoms with Crippen molar-refractivity contribution >= 4 is 6.03 Å². The van der Waals surface area contributed by atoms with E-state index >= 15 is 0 Å². The number of aryl methyl sites for hydroxylation is 1. The predicted octanol–water partition coefficient (Wildman–Crippen LogP) is 5.49. The van der Waals surface area contributed by atoms with Crippen molar-refractivity contribution in [2.24, 2.45) is 0 Å². The van der Waals surface area contributed by atoms with E-state index in [1.807, 2.05) is 23.1 Å². The highest BCUT2D eigenvalue weighted by Gasteiger charge is 2.28. The first-order chi connectivity index (χ1) is 16.7. The van der Waals surface area contributed by atoms with Crippen LogP contribution in [0.5, 0.6) is 0 Å². The van der Waals surface area contributed by atoms with E-state index in [1.54, 1.807) is 7.05 Å². The van der Waals surface area contributed by atoms with Crippen LogP contribution in [0.1, 0.15) is 56.1 Å². The van der Waals surface area contributed by atoms with Gasteiger partial charge in [-0.25, -0.2) is 9.78 Å². The van der Waals surface area contributed by atoms with Crippen molar-refractivity contribution in [2.45, 2.75) is 65.1 Å². The largest absolute Gasteiger partial charge is 0.342 e. The Labute approximate surface area is 209 Å². The number of aromatic nitrogens is 2. The molecule has 186 valence electrons. The summed E-state index contributed by atoms with van der Waals surface area (Å²) in [6.45, 7) is 12.2. The molecule has 2 N–H and O–H groups in total. The molecule has 6 heteroatoms. The second-order valence-corrected chi connectivity index (χ2v) is 10.7. The van der Waals surface area contributed by atoms with Gasteiger partial charge in [0.1, 0.15) is 5.82 Å². The van der Waals surface area contributed by atoms with E-state index in [-0.39, 0.29) is 17.5 Å². The number of imidazole rings is 1. The zero-order chi connectivity index (χ0) is 25.0. The summed E-state index contributed by atoms with van der Waals surface area (Å²) in [5, 5.41) is 2.83. The lowest BCUT2D eigenvalue weighted by molar-refractivity contribution is 0.113. The molecular weight excluding hydrogens is 434 g/mol. The van der Waals surface area contributed by atoms with Crippen molar-refractivity contribution in [1.82, 2.24) is 25.1 Å². The minimum absolute atomic E-state index is 0.00225. The highest BCUT2D eigenvalue weighted by atomic mass is 16.2. The first-order valence-corrected chi connectivity index (χ1v) is 12.7. The van der Waals surface area contributed by atoms with E-state index in [2.05, 4.69) is 79.3 Å². The third-order valence-electron chi connectivity index (χ3n) is 7.05. The van der Waals surface area contributed by atoms with Gasteiger partial charge in [-0.2, -0.15) is 0 Å². The van der Waals surface area contributed by atoms with Crippen molar-refractivity contribution in [3.63, 3.8) is 0 Å². The molecule has 0 bridgehead atoms. The van der Waals surface area contributed by atoms with E-state index < -0.39 is 0 Å². The number of carbonyl (C=O) groups excluding carboxylic acids is 1. The number of nitrogens with one attached hydrogen (secondary N) is 2. The van der Waals surface area contributed by atoms with Crippen LogP contribution in [-0.2, 0) is 18.5 Å². The van der Waals surface area contributed by atoms with Gasteiger partial charge in [0.25, 0.3) is 0 Å². The van der Waals surface area contributed by atoms with Gasteiger partial charge in [-0.3, -0.25) is 4.90 Å². The first kappa shape index (κ1) is 25.0. The molecule has 0 radical (unpaired) electrons. The molecule has 35 heavy (non-hydrogen) atoms. The second kappa shape index (κ2) is 10.6. The number of amides is 2. The van der Waals surface area contributed by atoms with Gasteiger partial charge in [0, 0.05) is 50.5 Å². The Bertz CT molecular complexity index is 1110. The quantitative estimate of drug-likeness (QED) is 0.498. The molecule has 2 aromatic carbocycles. The van der Waals surface area contributed by atoms with Gasteiger partial charge in [0.15, 0.2) is 0 Å². The third kappa shape index (κ3) is 6.12. The summed E-state index contributed by atoms with van der Waals surface area (Å²) >= 11 is 0. The van der Waals surface area contributed by atoms with E-state index in [0.29, 0.717) is 6.54 Å². The van der Waals surface area contributed by atoms with Gasteiger partial charge in [0.2, 0.25) is 0 Å². The minimum Gasteiger partial charge on any atom is -0.342 e. The molecular formula is C29H39N5O. The number of piperidine rings is 1. The van der Waals surface area contributed by atoms with Crippen LogP contribution < -0.4 is 5.32 Å². The van der Waals surface area contributed by atoms with E-state index in [1.165, 1.54) is 5.56 Å². The number of likely N-dealkylation sites (tertiary alicyclic amines) is 1. The lowest BCUT2D eigenvalue weighted by Crippen LogP contribution is -2.49. The Morgan fingerprint density at radius 1 is 1.09 bits per heavy atom. The van der Waals surface area contributed by atoms with Crippen LogP contribution in [0.3, 0.4) is 0 Å². The number of rotatable bonds is 6. The van der Waals surface area contributed by atoms with Gasteiger partial charge < -0.3 is 15.2 Å². The lowest BCUT2D eigenvalue weighted by Gasteiger charge is -2.38. The summed E-state index contributed by atoms with van der Waals surface area (Å²) in [4.78, 5) is 25.5. The van der Waals surface area contributed by atoms with Crippen LogP contribution in [0.25, 0.3) is 11.4 Å². The fourth-order valence-electron chi connectivity index (χ4n) is 4.81. The average molecular weight is 474 g/mol. The van der Waals surface area contributed by atoms with Crippen LogP contribution in [0.15, 0.2) is 54.6 Å². The molecule has 1 aliphatic rings. The number of hydrogen-bond acceptors (Lipinski definition) is 3. The van der Waals surface area contributed by atoms with Crippen molar-refractivity contribution < 1.29 is 4.79 Å². The number of carbonyl (C=O) groups is 1. The number of H-pyrrole nitrogens is 1. The summed E-state index contributed by atoms with van der Waals surface area (Å²) in [5.74, 6) is 0.932. The molecule has 0 spiro atoms. The molecule has 3 aromatic rings. The SMILES string of the molecule is CNC(=O)N(Cc1ccccc1)C1CCN(Cc2nc(-c3ccc(C(C)(C)C)cc3)[nH]c2C)CC1. The van der Waals surface area contributed by atoms with Crippen LogP contribution in [-0.4, -0.2) is 52.0 Å². The van der Waals surface area contributed by atoms with Crippen molar-refractivity contribution in [1.29, 1.82) is 0 Å². The third-order valence-corrected chi connectivity index (χ3v) is 7.05. The van der Waals surface area contributed by atoms with Gasteiger partial charge in [-0.05, 0) is 36.3 Å². The molecule has 2 heterocycles.